The maximum absolute atomic E-state index is 11.4. The Morgan fingerprint density at radius 2 is 2.15 bits per heavy atom. The number of rotatable bonds is 1. The molecule has 0 saturated carbocycles. The molecule has 2 fully saturated rings. The Kier molecular flexibility index (Phi) is 3.81. The summed E-state index contributed by atoms with van der Waals surface area (Å²) in [5.74, 6) is 3.13. The number of carbonyl (C=O) groups is 1. The van der Waals surface area contributed by atoms with E-state index in [4.69, 9.17) is 19.5 Å². The van der Waals surface area contributed by atoms with Gasteiger partial charge in [0.2, 0.25) is 0 Å². The van der Waals surface area contributed by atoms with Crippen molar-refractivity contribution in [3.05, 3.63) is 0 Å². The van der Waals surface area contributed by atoms with Gasteiger partial charge < -0.3 is 14.2 Å². The quantitative estimate of drug-likeness (QED) is 0.421. The summed E-state index contributed by atoms with van der Waals surface area (Å²) in [6.07, 6.45) is -1.27. The van der Waals surface area contributed by atoms with Crippen molar-refractivity contribution in [3.8, 4) is 17.5 Å². The molecule has 6 heteroatoms. The molecule has 0 spiro atoms. The van der Waals surface area contributed by atoms with Gasteiger partial charge in [0, 0.05) is 6.42 Å². The molecule has 2 heterocycles. The van der Waals surface area contributed by atoms with Crippen LogP contribution >= 0.6 is 0 Å². The molecule has 108 valence electrons. The van der Waals surface area contributed by atoms with Gasteiger partial charge in [0.15, 0.2) is 11.7 Å². The van der Waals surface area contributed by atoms with Crippen LogP contribution in [0, 0.1) is 22.8 Å². The molecule has 0 amide bonds. The monoisotopic (exact) mass is 293 g/mol. The molecule has 0 aromatic carbocycles. The summed E-state index contributed by atoms with van der Waals surface area (Å²) in [5, 5.41) is 8.92. The lowest BCUT2D eigenvalue weighted by Crippen LogP contribution is -2.55. The largest absolute Gasteiger partial charge is 0.509 e. The number of fused-ring (bicyclic) bond motifs is 1. The lowest BCUT2D eigenvalue weighted by atomic mass is 9.84. The topological polar surface area (TPSA) is 68.6 Å². The van der Waals surface area contributed by atoms with Crippen molar-refractivity contribution in [1.82, 2.24) is 0 Å². The first kappa shape index (κ1) is 14.9. The third-order valence-corrected chi connectivity index (χ3v) is 4.36. The molecule has 2 aliphatic rings. The van der Waals surface area contributed by atoms with Crippen LogP contribution in [0.25, 0.3) is 0 Å². The van der Waals surface area contributed by atoms with Gasteiger partial charge in [-0.25, -0.2) is 4.79 Å². The molecule has 0 aromatic heterocycles. The van der Waals surface area contributed by atoms with Crippen LogP contribution in [0.1, 0.15) is 19.8 Å². The van der Waals surface area contributed by atoms with Crippen molar-refractivity contribution in [3.63, 3.8) is 0 Å². The number of hydrogen-bond donors (Lipinski definition) is 0. The summed E-state index contributed by atoms with van der Waals surface area (Å²) in [6, 6.07) is 2.07. The van der Waals surface area contributed by atoms with Crippen molar-refractivity contribution in [1.29, 1.82) is 5.26 Å². The lowest BCUT2D eigenvalue weighted by molar-refractivity contribution is -0.156. The van der Waals surface area contributed by atoms with E-state index in [1.54, 1.807) is 6.92 Å². The minimum atomic E-state index is -1.49. The van der Waals surface area contributed by atoms with E-state index in [0.717, 1.165) is 0 Å². The number of nitrogens with zero attached hydrogens (tertiary/aromatic N) is 1. The molecular weight excluding hydrogens is 274 g/mol. The van der Waals surface area contributed by atoms with E-state index in [2.05, 4.69) is 37.2 Å². The Morgan fingerprint density at radius 1 is 1.45 bits per heavy atom. The standard InChI is InChI=1S/C14H19NO4Si/c1-14-11(5-7-15)17-10(6-8-20(2,3)4)9-12(14)18-13(16)19-14/h10-12H,5,9H2,1-4H3/t10-,11-,12-,14+/m1/s1. The number of hydrogen-bond acceptors (Lipinski definition) is 5. The van der Waals surface area contributed by atoms with Crippen molar-refractivity contribution in [2.45, 2.75) is 63.3 Å². The molecule has 0 N–H and O–H groups in total. The molecular formula is C14H19NO4Si. The maximum atomic E-state index is 11.4. The van der Waals surface area contributed by atoms with Gasteiger partial charge in [-0.15, -0.1) is 5.54 Å². The van der Waals surface area contributed by atoms with Crippen molar-refractivity contribution in [2.24, 2.45) is 0 Å². The van der Waals surface area contributed by atoms with Crippen LogP contribution in [-0.4, -0.2) is 38.1 Å². The van der Waals surface area contributed by atoms with Gasteiger partial charge in [-0.2, -0.15) is 5.26 Å². The Morgan fingerprint density at radius 3 is 2.75 bits per heavy atom. The van der Waals surface area contributed by atoms with E-state index < -0.39 is 32.0 Å². The van der Waals surface area contributed by atoms with Gasteiger partial charge in [-0.3, -0.25) is 0 Å². The highest BCUT2D eigenvalue weighted by Crippen LogP contribution is 2.40. The Balaban J connectivity index is 2.20. The summed E-state index contributed by atoms with van der Waals surface area (Å²) >= 11 is 0. The zero-order chi connectivity index (χ0) is 15.0. The second-order valence-electron chi connectivity index (χ2n) is 6.37. The zero-order valence-electron chi connectivity index (χ0n) is 12.2. The van der Waals surface area contributed by atoms with Crippen LogP contribution in [0.4, 0.5) is 4.79 Å². The van der Waals surface area contributed by atoms with E-state index in [9.17, 15) is 4.79 Å². The average Bonchev–Trinajstić information content (AvgIpc) is 2.61. The molecule has 5 nitrogen and oxygen atoms in total. The number of ether oxygens (including phenoxy) is 3. The van der Waals surface area contributed by atoms with Crippen LogP contribution < -0.4 is 0 Å². The van der Waals surface area contributed by atoms with E-state index in [1.165, 1.54) is 0 Å². The van der Waals surface area contributed by atoms with Gasteiger partial charge in [-0.05, 0) is 6.92 Å². The summed E-state index contributed by atoms with van der Waals surface area (Å²) in [6.45, 7) is 8.21. The molecule has 20 heavy (non-hydrogen) atoms. The van der Waals surface area contributed by atoms with Crippen LogP contribution in [-0.2, 0) is 14.2 Å². The molecule has 0 radical (unpaired) electrons. The van der Waals surface area contributed by atoms with Gasteiger partial charge in [0.1, 0.15) is 20.3 Å². The van der Waals surface area contributed by atoms with Gasteiger partial charge >= 0.3 is 6.16 Å². The third-order valence-electron chi connectivity index (χ3n) is 3.46. The fourth-order valence-electron chi connectivity index (χ4n) is 2.36. The molecule has 2 saturated heterocycles. The first-order valence-electron chi connectivity index (χ1n) is 6.69. The number of carbonyl (C=O) groups excluding carboxylic acids is 1. The predicted octanol–water partition coefficient (Wildman–Crippen LogP) is 2.23. The Hall–Kier alpha value is -1.50. The van der Waals surface area contributed by atoms with Gasteiger partial charge in [0.05, 0.1) is 12.5 Å². The normalized spacial score (nSPS) is 36.0. The molecule has 2 rings (SSSR count). The lowest BCUT2D eigenvalue weighted by Gasteiger charge is -2.40. The zero-order valence-corrected chi connectivity index (χ0v) is 13.2. The van der Waals surface area contributed by atoms with E-state index >= 15 is 0 Å². The fourth-order valence-corrected chi connectivity index (χ4v) is 2.96. The minimum Gasteiger partial charge on any atom is -0.426 e. The Bertz CT molecular complexity index is 510. The second-order valence-corrected chi connectivity index (χ2v) is 11.1. The van der Waals surface area contributed by atoms with Crippen molar-refractivity contribution in [2.75, 3.05) is 0 Å². The highest BCUT2D eigenvalue weighted by atomic mass is 28.3. The van der Waals surface area contributed by atoms with Gasteiger partial charge in [0.25, 0.3) is 0 Å². The van der Waals surface area contributed by atoms with Crippen molar-refractivity contribution >= 4 is 14.2 Å². The van der Waals surface area contributed by atoms with E-state index in [0.29, 0.717) is 6.42 Å². The molecule has 0 bridgehead atoms. The second kappa shape index (κ2) is 5.12. The first-order chi connectivity index (χ1) is 9.24. The molecule has 0 aromatic rings. The summed E-state index contributed by atoms with van der Waals surface area (Å²) in [7, 11) is -1.49. The number of nitriles is 1. The summed E-state index contributed by atoms with van der Waals surface area (Å²) < 4.78 is 16.3. The average molecular weight is 293 g/mol. The van der Waals surface area contributed by atoms with Gasteiger partial charge in [-0.1, -0.05) is 25.6 Å². The molecule has 0 aliphatic carbocycles. The van der Waals surface area contributed by atoms with E-state index in [-0.39, 0.29) is 12.5 Å². The van der Waals surface area contributed by atoms with Crippen LogP contribution in [0.3, 0.4) is 0 Å². The third kappa shape index (κ3) is 2.97. The van der Waals surface area contributed by atoms with E-state index in [1.807, 2.05) is 0 Å². The molecule has 2 aliphatic heterocycles. The molecule has 0 unspecified atom stereocenters. The first-order valence-corrected chi connectivity index (χ1v) is 10.2. The summed E-state index contributed by atoms with van der Waals surface area (Å²) in [4.78, 5) is 11.4. The smallest absolute Gasteiger partial charge is 0.426 e. The fraction of sp³-hybridized carbons (Fsp3) is 0.714. The van der Waals surface area contributed by atoms with Crippen LogP contribution in [0.15, 0.2) is 0 Å². The summed E-state index contributed by atoms with van der Waals surface area (Å²) in [5.41, 5.74) is 2.37. The van der Waals surface area contributed by atoms with Crippen LogP contribution in [0.2, 0.25) is 19.6 Å². The SMILES string of the molecule is C[C@@]12OC(=O)O[C@@H]1C[C@@H](C#C[Si](C)(C)C)O[C@@H]2CC#N. The van der Waals surface area contributed by atoms with Crippen LogP contribution in [0.5, 0.6) is 0 Å². The predicted molar refractivity (Wildman–Crippen MR) is 74.4 cm³/mol. The highest BCUT2D eigenvalue weighted by Gasteiger charge is 2.57. The highest BCUT2D eigenvalue weighted by molar-refractivity contribution is 6.83. The van der Waals surface area contributed by atoms with Crippen molar-refractivity contribution < 1.29 is 19.0 Å². The molecule has 4 atom stereocenters. The minimum absolute atomic E-state index is 0.148. The maximum Gasteiger partial charge on any atom is 0.509 e. The Labute approximate surface area is 120 Å².